The second-order valence-corrected chi connectivity index (χ2v) is 8.23. The van der Waals surface area contributed by atoms with Crippen molar-refractivity contribution in [2.45, 2.75) is 25.0 Å². The van der Waals surface area contributed by atoms with E-state index in [0.29, 0.717) is 50.4 Å². The Labute approximate surface area is 147 Å². The lowest BCUT2D eigenvalue weighted by Crippen LogP contribution is -2.53. The number of methoxy groups -OCH3 is 1. The summed E-state index contributed by atoms with van der Waals surface area (Å²) in [4.78, 5) is 18.6. The molecule has 0 spiro atoms. The van der Waals surface area contributed by atoms with Crippen LogP contribution in [0.4, 0.5) is 0 Å². The van der Waals surface area contributed by atoms with Crippen molar-refractivity contribution in [1.82, 2.24) is 14.2 Å². The maximum absolute atomic E-state index is 12.9. The third-order valence-corrected chi connectivity index (χ3v) is 6.07. The second kappa shape index (κ2) is 7.27. The lowest BCUT2D eigenvalue weighted by atomic mass is 10.0. The molecule has 1 aromatic rings. The summed E-state index contributed by atoms with van der Waals surface area (Å²) in [6.07, 6.45) is 5.28. The van der Waals surface area contributed by atoms with E-state index in [1.165, 1.54) is 23.9 Å². The molecule has 0 saturated carbocycles. The summed E-state index contributed by atoms with van der Waals surface area (Å²) < 4.78 is 36.6. The van der Waals surface area contributed by atoms with Crippen molar-refractivity contribution in [3.63, 3.8) is 0 Å². The summed E-state index contributed by atoms with van der Waals surface area (Å²) in [5, 5.41) is 0. The van der Waals surface area contributed by atoms with E-state index in [2.05, 4.69) is 4.98 Å². The number of hydrogen-bond acceptors (Lipinski definition) is 6. The lowest BCUT2D eigenvalue weighted by molar-refractivity contribution is -0.0406. The van der Waals surface area contributed by atoms with Gasteiger partial charge in [-0.15, -0.1) is 0 Å². The van der Waals surface area contributed by atoms with Gasteiger partial charge in [-0.3, -0.25) is 9.78 Å². The quantitative estimate of drug-likeness (QED) is 0.764. The molecular weight excluding hydrogens is 346 g/mol. The van der Waals surface area contributed by atoms with Gasteiger partial charge in [0, 0.05) is 25.8 Å². The molecule has 2 saturated heterocycles. The molecule has 3 rings (SSSR count). The van der Waals surface area contributed by atoms with Crippen molar-refractivity contribution in [3.8, 4) is 5.75 Å². The Hall–Kier alpha value is -1.71. The van der Waals surface area contributed by atoms with E-state index in [9.17, 15) is 13.2 Å². The number of nitrogens with zero attached hydrogens (tertiary/aromatic N) is 3. The maximum atomic E-state index is 12.9. The number of aromatic nitrogens is 1. The van der Waals surface area contributed by atoms with Gasteiger partial charge in [-0.2, -0.15) is 4.31 Å². The van der Waals surface area contributed by atoms with Crippen LogP contribution in [-0.4, -0.2) is 80.3 Å². The molecule has 0 aromatic carbocycles. The fourth-order valence-electron chi connectivity index (χ4n) is 3.55. The average molecular weight is 369 g/mol. The number of fused-ring (bicyclic) bond motifs is 1. The van der Waals surface area contributed by atoms with Gasteiger partial charge in [0.15, 0.2) is 0 Å². The fourth-order valence-corrected chi connectivity index (χ4v) is 4.69. The zero-order valence-electron chi connectivity index (χ0n) is 14.4. The summed E-state index contributed by atoms with van der Waals surface area (Å²) >= 11 is 0. The number of hydrogen-bond donors (Lipinski definition) is 0. The first-order valence-corrected chi connectivity index (χ1v) is 10.1. The predicted molar refractivity (Wildman–Crippen MR) is 91.0 cm³/mol. The van der Waals surface area contributed by atoms with Gasteiger partial charge in [0.25, 0.3) is 5.91 Å². The van der Waals surface area contributed by atoms with Crippen LogP contribution in [-0.2, 0) is 14.8 Å². The van der Waals surface area contributed by atoms with Gasteiger partial charge in [-0.1, -0.05) is 0 Å². The molecule has 0 aliphatic carbocycles. The minimum atomic E-state index is -3.29. The summed E-state index contributed by atoms with van der Waals surface area (Å²) in [5.41, 5.74) is 0.461. The van der Waals surface area contributed by atoms with Crippen LogP contribution in [0.5, 0.6) is 5.75 Å². The van der Waals surface area contributed by atoms with Gasteiger partial charge in [0.2, 0.25) is 10.0 Å². The van der Waals surface area contributed by atoms with E-state index in [0.717, 1.165) is 0 Å². The Morgan fingerprint density at radius 1 is 1.32 bits per heavy atom. The van der Waals surface area contributed by atoms with E-state index in [1.54, 1.807) is 17.2 Å². The monoisotopic (exact) mass is 369 g/mol. The molecule has 8 nitrogen and oxygen atoms in total. The van der Waals surface area contributed by atoms with Crippen LogP contribution < -0.4 is 4.74 Å². The summed E-state index contributed by atoms with van der Waals surface area (Å²) in [6, 6.07) is 1.42. The Kier molecular flexibility index (Phi) is 5.26. The number of ether oxygens (including phenoxy) is 2. The van der Waals surface area contributed by atoms with E-state index < -0.39 is 10.0 Å². The van der Waals surface area contributed by atoms with Crippen molar-refractivity contribution < 1.29 is 22.7 Å². The van der Waals surface area contributed by atoms with Crippen molar-refractivity contribution in [2.75, 3.05) is 39.6 Å². The number of carbonyl (C=O) groups excluding carboxylic acids is 1. The highest BCUT2D eigenvalue weighted by Crippen LogP contribution is 2.27. The highest BCUT2D eigenvalue weighted by molar-refractivity contribution is 7.88. The highest BCUT2D eigenvalue weighted by atomic mass is 32.2. The van der Waals surface area contributed by atoms with E-state index in [-0.39, 0.29) is 18.1 Å². The second-order valence-electron chi connectivity index (χ2n) is 6.30. The summed E-state index contributed by atoms with van der Waals surface area (Å²) in [5.74, 6) is 0.298. The number of rotatable bonds is 3. The van der Waals surface area contributed by atoms with Crippen molar-refractivity contribution in [2.24, 2.45) is 0 Å². The summed E-state index contributed by atoms with van der Waals surface area (Å²) in [7, 11) is -1.79. The van der Waals surface area contributed by atoms with Crippen LogP contribution in [0.3, 0.4) is 0 Å². The van der Waals surface area contributed by atoms with Gasteiger partial charge >= 0.3 is 0 Å². The third kappa shape index (κ3) is 3.78. The molecule has 1 aromatic heterocycles. The smallest absolute Gasteiger partial charge is 0.257 e. The van der Waals surface area contributed by atoms with Crippen LogP contribution in [0.2, 0.25) is 0 Å². The van der Waals surface area contributed by atoms with Crippen molar-refractivity contribution in [3.05, 3.63) is 24.0 Å². The molecule has 0 radical (unpaired) electrons. The lowest BCUT2D eigenvalue weighted by Gasteiger charge is -2.38. The molecule has 138 valence electrons. The molecule has 2 fully saturated rings. The predicted octanol–water partition coefficient (Wildman–Crippen LogP) is 0.355. The topological polar surface area (TPSA) is 89.0 Å². The van der Waals surface area contributed by atoms with Crippen LogP contribution in [0.1, 0.15) is 23.2 Å². The summed E-state index contributed by atoms with van der Waals surface area (Å²) in [6.45, 7) is 1.75. The van der Waals surface area contributed by atoms with E-state index in [4.69, 9.17) is 9.47 Å². The molecule has 2 atom stereocenters. The molecule has 1 amide bonds. The molecule has 0 unspecified atom stereocenters. The minimum absolute atomic E-state index is 0.135. The van der Waals surface area contributed by atoms with Crippen molar-refractivity contribution >= 4 is 15.9 Å². The van der Waals surface area contributed by atoms with Gasteiger partial charge in [0.1, 0.15) is 5.75 Å². The van der Waals surface area contributed by atoms with Gasteiger partial charge in [-0.05, 0) is 18.9 Å². The largest absolute Gasteiger partial charge is 0.494 e. The first kappa shape index (κ1) is 18.1. The van der Waals surface area contributed by atoms with E-state index >= 15 is 0 Å². The number of amides is 1. The van der Waals surface area contributed by atoms with Gasteiger partial charge in [0.05, 0.1) is 43.9 Å². The fraction of sp³-hybridized carbons (Fsp3) is 0.625. The molecule has 2 aliphatic rings. The molecule has 2 aliphatic heterocycles. The molecule has 25 heavy (non-hydrogen) atoms. The molecule has 0 bridgehead atoms. The van der Waals surface area contributed by atoms with Gasteiger partial charge in [-0.25, -0.2) is 8.42 Å². The van der Waals surface area contributed by atoms with Crippen LogP contribution in [0, 0.1) is 0 Å². The first-order chi connectivity index (χ1) is 11.9. The first-order valence-electron chi connectivity index (χ1n) is 8.27. The number of morpholine rings is 1. The maximum Gasteiger partial charge on any atom is 0.257 e. The molecule has 3 heterocycles. The standard InChI is InChI=1S/C16H23N3O5S/c1-23-15-11-17-6-3-12(15)16(20)18-7-4-13-14(5-8-18)24-10-9-19(13)25(2,21)22/h3,6,11,13-14H,4-5,7-10H2,1-2H3/t13-,14-/m1/s1. The third-order valence-electron chi connectivity index (χ3n) is 4.77. The SMILES string of the molecule is COc1cnccc1C(=O)N1CC[C@@H]2[C@@H](CC1)OCCN2S(C)(=O)=O. The zero-order valence-corrected chi connectivity index (χ0v) is 15.2. The van der Waals surface area contributed by atoms with Gasteiger partial charge < -0.3 is 14.4 Å². The molecular formula is C16H23N3O5S. The van der Waals surface area contributed by atoms with Crippen LogP contribution >= 0.6 is 0 Å². The Morgan fingerprint density at radius 3 is 2.80 bits per heavy atom. The molecule has 9 heteroatoms. The van der Waals surface area contributed by atoms with E-state index in [1.807, 2.05) is 0 Å². The Morgan fingerprint density at radius 2 is 2.08 bits per heavy atom. The normalized spacial score (nSPS) is 25.1. The number of likely N-dealkylation sites (tertiary alicyclic amines) is 1. The minimum Gasteiger partial charge on any atom is -0.494 e. The number of sulfonamides is 1. The molecule has 0 N–H and O–H groups in total. The average Bonchev–Trinajstić information content (AvgIpc) is 2.82. The number of pyridine rings is 1. The number of carbonyl (C=O) groups is 1. The highest BCUT2D eigenvalue weighted by Gasteiger charge is 2.39. The Bertz CT molecular complexity index is 739. The van der Waals surface area contributed by atoms with Crippen LogP contribution in [0.15, 0.2) is 18.5 Å². The zero-order chi connectivity index (χ0) is 18.0. The Balaban J connectivity index is 1.78. The van der Waals surface area contributed by atoms with Crippen molar-refractivity contribution in [1.29, 1.82) is 0 Å². The van der Waals surface area contributed by atoms with Crippen LogP contribution in [0.25, 0.3) is 0 Å².